The molecule has 0 aromatic rings. The maximum absolute atomic E-state index is 7.01. The van der Waals surface area contributed by atoms with Gasteiger partial charge in [0.2, 0.25) is 0 Å². The van der Waals surface area contributed by atoms with Crippen LogP contribution in [0.1, 0.15) is 0 Å². The van der Waals surface area contributed by atoms with Crippen molar-refractivity contribution in [1.82, 2.24) is 0 Å². The van der Waals surface area contributed by atoms with Crippen LogP contribution >= 0.6 is 0 Å². The first kappa shape index (κ1) is 37.1. The quantitative estimate of drug-likeness (QED) is 0.158. The summed E-state index contributed by atoms with van der Waals surface area (Å²) in [5.41, 5.74) is 0. The van der Waals surface area contributed by atoms with Gasteiger partial charge in [0.15, 0.2) is 49.9 Å². The average molecular weight is 615 g/mol. The van der Waals surface area contributed by atoms with Crippen LogP contribution in [0.2, 0.25) is 118 Å². The highest BCUT2D eigenvalue weighted by molar-refractivity contribution is 6.71. The van der Waals surface area contributed by atoms with Crippen molar-refractivity contribution in [3.8, 4) is 0 Å². The Morgan fingerprint density at radius 2 is 0.556 bits per heavy atom. The summed E-state index contributed by atoms with van der Waals surface area (Å²) >= 11 is 0. The number of hydrogen-bond acceptors (Lipinski definition) is 6. The molecule has 0 aliphatic rings. The van der Waals surface area contributed by atoms with E-state index in [1.165, 1.54) is 0 Å². The zero-order chi connectivity index (χ0) is 29.0. The molecule has 0 N–H and O–H groups in total. The topological polar surface area (TPSA) is 55.4 Å². The van der Waals surface area contributed by atoms with Crippen LogP contribution in [0.15, 0.2) is 0 Å². The normalized spacial score (nSPS) is 18.2. The van der Waals surface area contributed by atoms with E-state index in [0.29, 0.717) is 13.2 Å². The van der Waals surface area contributed by atoms with Gasteiger partial charge in [-0.1, -0.05) is 0 Å². The SMILES string of the molecule is C[Si](C)(C)OCC(O[Si](C)(C)C)C(O[Si](C)(C)C)C(O[Si](C)(C)C)C(CO[Si](C)(C)C)O[Si](C)(C)C. The highest BCUT2D eigenvalue weighted by Crippen LogP contribution is 2.29. The molecule has 0 spiro atoms. The van der Waals surface area contributed by atoms with E-state index in [9.17, 15) is 0 Å². The third-order valence-electron chi connectivity index (χ3n) is 4.41. The van der Waals surface area contributed by atoms with Crippen molar-refractivity contribution >= 4 is 49.9 Å². The van der Waals surface area contributed by atoms with Gasteiger partial charge in [-0.2, -0.15) is 0 Å². The minimum absolute atomic E-state index is 0.226. The van der Waals surface area contributed by atoms with Gasteiger partial charge in [0.05, 0.1) is 37.6 Å². The van der Waals surface area contributed by atoms with Gasteiger partial charge in [-0.05, 0) is 118 Å². The van der Waals surface area contributed by atoms with Crippen LogP contribution in [0.25, 0.3) is 0 Å². The third kappa shape index (κ3) is 20.0. The lowest BCUT2D eigenvalue weighted by Crippen LogP contribution is -2.60. The summed E-state index contributed by atoms with van der Waals surface area (Å²) in [4.78, 5) is 0. The molecule has 0 aromatic heterocycles. The lowest BCUT2D eigenvalue weighted by Gasteiger charge is -2.46. The van der Waals surface area contributed by atoms with Gasteiger partial charge in [0, 0.05) is 0 Å². The first-order valence-corrected chi connectivity index (χ1v) is 34.0. The van der Waals surface area contributed by atoms with E-state index in [-0.39, 0.29) is 24.4 Å². The molecule has 218 valence electrons. The second-order valence-corrected chi connectivity index (χ2v) is 42.6. The van der Waals surface area contributed by atoms with E-state index >= 15 is 0 Å². The van der Waals surface area contributed by atoms with Crippen LogP contribution in [-0.2, 0) is 26.6 Å². The summed E-state index contributed by atoms with van der Waals surface area (Å²) < 4.78 is 40.7. The van der Waals surface area contributed by atoms with Crippen molar-refractivity contribution < 1.29 is 26.6 Å². The Labute approximate surface area is 231 Å². The second-order valence-electron chi connectivity index (χ2n) is 15.8. The molecule has 12 heteroatoms. The molecule has 0 radical (unpaired) electrons. The van der Waals surface area contributed by atoms with Crippen molar-refractivity contribution in [1.29, 1.82) is 0 Å². The highest BCUT2D eigenvalue weighted by atomic mass is 28.4. The van der Waals surface area contributed by atoms with Gasteiger partial charge >= 0.3 is 0 Å². The molecule has 0 aromatic carbocycles. The molecule has 0 aliphatic carbocycles. The van der Waals surface area contributed by atoms with E-state index < -0.39 is 49.9 Å². The van der Waals surface area contributed by atoms with Crippen molar-refractivity contribution in [3.63, 3.8) is 0 Å². The maximum atomic E-state index is 7.01. The molecule has 4 atom stereocenters. The third-order valence-corrected chi connectivity index (χ3v) is 10.5. The van der Waals surface area contributed by atoms with Crippen LogP contribution < -0.4 is 0 Å². The van der Waals surface area contributed by atoms with E-state index in [0.717, 1.165) is 0 Å². The molecule has 0 fully saturated rings. The molecule has 0 rings (SSSR count). The maximum Gasteiger partial charge on any atom is 0.184 e. The van der Waals surface area contributed by atoms with Gasteiger partial charge in [0.1, 0.15) is 0 Å². The van der Waals surface area contributed by atoms with Crippen molar-refractivity contribution in [3.05, 3.63) is 0 Å². The monoisotopic (exact) mass is 614 g/mol. The van der Waals surface area contributed by atoms with Gasteiger partial charge in [0.25, 0.3) is 0 Å². The standard InChI is InChI=1S/C24H62O6Si6/c1-31(2,3)25-19-21(27-33(7,8)9)23(29-35(13,14)15)24(30-36(16,17)18)22(28-34(10,11)12)20-26-32(4,5)6/h21-24H,19-20H2,1-18H3. The Morgan fingerprint density at radius 1 is 0.333 bits per heavy atom. The lowest BCUT2D eigenvalue weighted by molar-refractivity contribution is -0.0958. The summed E-state index contributed by atoms with van der Waals surface area (Å²) in [6.45, 7) is 41.2. The van der Waals surface area contributed by atoms with Gasteiger partial charge in [-0.25, -0.2) is 0 Å². The Bertz CT molecular complexity index is 582. The van der Waals surface area contributed by atoms with Crippen LogP contribution in [-0.4, -0.2) is 87.5 Å². The molecule has 6 nitrogen and oxygen atoms in total. The summed E-state index contributed by atoms with van der Waals surface area (Å²) in [7, 11) is -11.4. The molecule has 4 unspecified atom stereocenters. The molecule has 0 bridgehead atoms. The fourth-order valence-corrected chi connectivity index (χ4v) is 9.24. The molecule has 0 saturated carbocycles. The Morgan fingerprint density at radius 3 is 0.722 bits per heavy atom. The van der Waals surface area contributed by atoms with E-state index in [2.05, 4.69) is 118 Å². The Hall–Kier alpha value is 1.06. The first-order valence-electron chi connectivity index (χ1n) is 13.6. The van der Waals surface area contributed by atoms with Crippen LogP contribution in [0.5, 0.6) is 0 Å². The highest BCUT2D eigenvalue weighted by Gasteiger charge is 2.45. The summed E-state index contributed by atoms with van der Waals surface area (Å²) in [5.74, 6) is 0. The van der Waals surface area contributed by atoms with Crippen LogP contribution in [0, 0.1) is 0 Å². The molecule has 0 amide bonds. The second kappa shape index (κ2) is 13.6. The van der Waals surface area contributed by atoms with Gasteiger partial charge in [-0.3, -0.25) is 0 Å². The summed E-state index contributed by atoms with van der Waals surface area (Å²) in [5, 5.41) is 0. The van der Waals surface area contributed by atoms with Crippen molar-refractivity contribution in [2.75, 3.05) is 13.2 Å². The van der Waals surface area contributed by atoms with Crippen molar-refractivity contribution in [2.24, 2.45) is 0 Å². The van der Waals surface area contributed by atoms with Crippen molar-refractivity contribution in [2.45, 2.75) is 142 Å². The van der Waals surface area contributed by atoms with Gasteiger partial charge < -0.3 is 26.6 Å². The molecular formula is C24H62O6Si6. The number of hydrogen-bond donors (Lipinski definition) is 0. The van der Waals surface area contributed by atoms with E-state index in [1.807, 2.05) is 0 Å². The Balaban J connectivity index is 6.80. The first-order chi connectivity index (χ1) is 15.6. The largest absolute Gasteiger partial charge is 0.415 e. The predicted octanol–water partition coefficient (Wildman–Crippen LogP) is 7.57. The molecule has 36 heavy (non-hydrogen) atoms. The smallest absolute Gasteiger partial charge is 0.184 e. The average Bonchev–Trinajstić information content (AvgIpc) is 2.53. The van der Waals surface area contributed by atoms with E-state index in [4.69, 9.17) is 26.6 Å². The minimum atomic E-state index is -1.99. The summed E-state index contributed by atoms with van der Waals surface area (Å²) in [6.07, 6.45) is -1.04. The fraction of sp³-hybridized carbons (Fsp3) is 1.00. The number of rotatable bonds is 17. The van der Waals surface area contributed by atoms with Gasteiger partial charge in [-0.15, -0.1) is 0 Å². The minimum Gasteiger partial charge on any atom is -0.415 e. The zero-order valence-corrected chi connectivity index (χ0v) is 33.2. The molecule has 0 heterocycles. The fourth-order valence-electron chi connectivity index (χ4n) is 3.49. The molecular weight excluding hydrogens is 553 g/mol. The molecule has 0 aliphatic heterocycles. The Kier molecular flexibility index (Phi) is 14.0. The summed E-state index contributed by atoms with van der Waals surface area (Å²) in [6, 6.07) is 0. The zero-order valence-electron chi connectivity index (χ0n) is 27.2. The van der Waals surface area contributed by atoms with E-state index in [1.54, 1.807) is 0 Å². The van der Waals surface area contributed by atoms with Crippen LogP contribution in [0.4, 0.5) is 0 Å². The lowest BCUT2D eigenvalue weighted by atomic mass is 10.0. The molecule has 0 saturated heterocycles. The predicted molar refractivity (Wildman–Crippen MR) is 171 cm³/mol. The van der Waals surface area contributed by atoms with Crippen LogP contribution in [0.3, 0.4) is 0 Å².